The molecule has 0 fully saturated rings. The van der Waals surface area contributed by atoms with Crippen molar-refractivity contribution in [3.63, 3.8) is 0 Å². The van der Waals surface area contributed by atoms with E-state index >= 15 is 0 Å². The first-order chi connectivity index (χ1) is 9.58. The summed E-state index contributed by atoms with van der Waals surface area (Å²) in [6, 6.07) is 2.79. The standard InChI is InChI=1S/C13H10ClFN2O2S/c1-6-4-9(18)12-10(3-2-7(15)11(6)12)19-5-8-13(14)20-17-16-8/h2-3,6H,4-5H2,1H3. The van der Waals surface area contributed by atoms with Crippen LogP contribution in [0.15, 0.2) is 12.1 Å². The highest BCUT2D eigenvalue weighted by molar-refractivity contribution is 7.10. The molecule has 20 heavy (non-hydrogen) atoms. The highest BCUT2D eigenvalue weighted by Crippen LogP contribution is 2.40. The molecule has 0 radical (unpaired) electrons. The second-order valence-corrected chi connectivity index (χ2v) is 6.00. The van der Waals surface area contributed by atoms with Crippen LogP contribution in [0, 0.1) is 5.82 Å². The molecule has 0 amide bonds. The summed E-state index contributed by atoms with van der Waals surface area (Å²) < 4.78 is 23.6. The summed E-state index contributed by atoms with van der Waals surface area (Å²) >= 11 is 6.95. The van der Waals surface area contributed by atoms with Crippen molar-refractivity contribution < 1.29 is 13.9 Å². The molecule has 0 bridgehead atoms. The van der Waals surface area contributed by atoms with Gasteiger partial charge in [0, 0.05) is 23.5 Å². The number of nitrogens with zero attached hydrogens (tertiary/aromatic N) is 2. The van der Waals surface area contributed by atoms with Crippen LogP contribution in [0.5, 0.6) is 5.75 Å². The maximum atomic E-state index is 13.8. The molecule has 1 aliphatic rings. The number of aromatic nitrogens is 2. The molecule has 7 heteroatoms. The third-order valence-corrected chi connectivity index (χ3v) is 4.28. The Morgan fingerprint density at radius 1 is 1.55 bits per heavy atom. The zero-order valence-electron chi connectivity index (χ0n) is 10.5. The Labute approximate surface area is 123 Å². The lowest BCUT2D eigenvalue weighted by Gasteiger charge is -2.11. The molecule has 0 saturated carbocycles. The predicted molar refractivity (Wildman–Crippen MR) is 73.0 cm³/mol. The van der Waals surface area contributed by atoms with Crippen molar-refractivity contribution in [1.82, 2.24) is 9.59 Å². The highest BCUT2D eigenvalue weighted by Gasteiger charge is 2.32. The molecule has 0 aliphatic heterocycles. The second kappa shape index (κ2) is 5.10. The molecule has 0 N–H and O–H groups in total. The number of rotatable bonds is 3. The number of ketones is 1. The van der Waals surface area contributed by atoms with E-state index in [1.807, 2.05) is 6.92 Å². The molecular formula is C13H10ClFN2O2S. The van der Waals surface area contributed by atoms with Crippen LogP contribution >= 0.6 is 23.1 Å². The van der Waals surface area contributed by atoms with Crippen molar-refractivity contribution in [3.8, 4) is 5.75 Å². The molecule has 0 spiro atoms. The summed E-state index contributed by atoms with van der Waals surface area (Å²) in [5.74, 6) is -0.200. The number of fused-ring (bicyclic) bond motifs is 1. The minimum Gasteiger partial charge on any atom is -0.486 e. The Bertz CT molecular complexity index is 689. The monoisotopic (exact) mass is 312 g/mol. The number of carbonyl (C=O) groups excluding carboxylic acids is 1. The molecule has 1 atom stereocenters. The molecule has 104 valence electrons. The minimum absolute atomic E-state index is 0.0931. The molecule has 1 aromatic heterocycles. The lowest BCUT2D eigenvalue weighted by molar-refractivity contribution is 0.0986. The number of hydrogen-bond donors (Lipinski definition) is 0. The van der Waals surface area contributed by atoms with Crippen LogP contribution in [-0.4, -0.2) is 15.4 Å². The number of benzene rings is 1. The van der Waals surface area contributed by atoms with Crippen LogP contribution in [0.4, 0.5) is 4.39 Å². The molecular weight excluding hydrogens is 303 g/mol. The quantitative estimate of drug-likeness (QED) is 0.869. The average Bonchev–Trinajstić information content (AvgIpc) is 2.94. The van der Waals surface area contributed by atoms with E-state index < -0.39 is 0 Å². The fraction of sp³-hybridized carbons (Fsp3) is 0.308. The van der Waals surface area contributed by atoms with Gasteiger partial charge in [-0.1, -0.05) is 23.0 Å². The van der Waals surface area contributed by atoms with Crippen LogP contribution in [0.25, 0.3) is 0 Å². The number of hydrogen-bond acceptors (Lipinski definition) is 5. The predicted octanol–water partition coefficient (Wildman–Crippen LogP) is 3.60. The maximum Gasteiger partial charge on any atom is 0.167 e. The summed E-state index contributed by atoms with van der Waals surface area (Å²) in [6.45, 7) is 1.94. The van der Waals surface area contributed by atoms with E-state index in [0.717, 1.165) is 11.5 Å². The van der Waals surface area contributed by atoms with Crippen LogP contribution < -0.4 is 4.74 Å². The topological polar surface area (TPSA) is 52.1 Å². The number of ether oxygens (including phenoxy) is 1. The van der Waals surface area contributed by atoms with Crippen LogP contribution in [-0.2, 0) is 6.61 Å². The maximum absolute atomic E-state index is 13.8. The lowest BCUT2D eigenvalue weighted by Crippen LogP contribution is -2.03. The first kappa shape index (κ1) is 13.5. The van der Waals surface area contributed by atoms with Crippen molar-refractivity contribution in [2.24, 2.45) is 0 Å². The van der Waals surface area contributed by atoms with E-state index in [0.29, 0.717) is 33.3 Å². The van der Waals surface area contributed by atoms with Gasteiger partial charge in [-0.05, 0) is 18.1 Å². The van der Waals surface area contributed by atoms with E-state index in [-0.39, 0.29) is 24.1 Å². The van der Waals surface area contributed by atoms with Gasteiger partial charge in [0.2, 0.25) is 0 Å². The van der Waals surface area contributed by atoms with E-state index in [9.17, 15) is 9.18 Å². The number of halogens is 2. The molecule has 1 unspecified atom stereocenters. The summed E-state index contributed by atoms with van der Waals surface area (Å²) in [5.41, 5.74) is 1.29. The van der Waals surface area contributed by atoms with Crippen LogP contribution in [0.1, 0.15) is 40.9 Å². The molecule has 0 saturated heterocycles. The molecule has 1 aliphatic carbocycles. The van der Waals surface area contributed by atoms with Gasteiger partial charge in [0.1, 0.15) is 28.2 Å². The Morgan fingerprint density at radius 2 is 2.35 bits per heavy atom. The Balaban J connectivity index is 1.92. The summed E-state index contributed by atoms with van der Waals surface area (Å²) in [4.78, 5) is 12.0. The van der Waals surface area contributed by atoms with Crippen molar-refractivity contribution in [1.29, 1.82) is 0 Å². The van der Waals surface area contributed by atoms with Crippen molar-refractivity contribution in [3.05, 3.63) is 39.1 Å². The van der Waals surface area contributed by atoms with E-state index in [1.165, 1.54) is 12.1 Å². The smallest absolute Gasteiger partial charge is 0.167 e. The van der Waals surface area contributed by atoms with Gasteiger partial charge in [-0.2, -0.15) is 0 Å². The van der Waals surface area contributed by atoms with Gasteiger partial charge in [-0.3, -0.25) is 4.79 Å². The van der Waals surface area contributed by atoms with Gasteiger partial charge < -0.3 is 4.74 Å². The molecule has 1 heterocycles. The molecule has 3 rings (SSSR count). The Hall–Kier alpha value is -1.53. The van der Waals surface area contributed by atoms with Crippen molar-refractivity contribution >= 4 is 28.9 Å². The SMILES string of the molecule is CC1CC(=O)c2c(OCc3nnsc3Cl)ccc(F)c21. The first-order valence-corrected chi connectivity index (χ1v) is 7.18. The van der Waals surface area contributed by atoms with Crippen molar-refractivity contribution in [2.75, 3.05) is 0 Å². The van der Waals surface area contributed by atoms with E-state index in [4.69, 9.17) is 16.3 Å². The van der Waals surface area contributed by atoms with Crippen molar-refractivity contribution in [2.45, 2.75) is 25.9 Å². The fourth-order valence-corrected chi connectivity index (χ4v) is 2.98. The lowest BCUT2D eigenvalue weighted by atomic mass is 10.0. The van der Waals surface area contributed by atoms with Gasteiger partial charge in [0.25, 0.3) is 0 Å². The first-order valence-electron chi connectivity index (χ1n) is 6.03. The number of carbonyl (C=O) groups is 1. The van der Waals surface area contributed by atoms with Crippen LogP contribution in [0.2, 0.25) is 4.34 Å². The minimum atomic E-state index is -0.362. The van der Waals surface area contributed by atoms with E-state index in [1.54, 1.807) is 0 Å². The molecule has 4 nitrogen and oxygen atoms in total. The van der Waals surface area contributed by atoms with Crippen LogP contribution in [0.3, 0.4) is 0 Å². The number of Topliss-reactive ketones (excluding diaryl/α,β-unsaturated/α-hetero) is 1. The zero-order valence-corrected chi connectivity index (χ0v) is 12.1. The van der Waals surface area contributed by atoms with Gasteiger partial charge >= 0.3 is 0 Å². The normalized spacial score (nSPS) is 17.4. The largest absolute Gasteiger partial charge is 0.486 e. The fourth-order valence-electron chi connectivity index (χ4n) is 2.38. The summed E-state index contributed by atoms with van der Waals surface area (Å²) in [6.07, 6.45) is 0.311. The Kier molecular flexibility index (Phi) is 3.43. The average molecular weight is 313 g/mol. The molecule has 1 aromatic carbocycles. The Morgan fingerprint density at radius 3 is 3.05 bits per heavy atom. The van der Waals surface area contributed by atoms with Gasteiger partial charge in [-0.25, -0.2) is 4.39 Å². The molecule has 2 aromatic rings. The summed E-state index contributed by atoms with van der Waals surface area (Å²) in [7, 11) is 0. The van der Waals surface area contributed by atoms with Gasteiger partial charge in [0.05, 0.1) is 5.56 Å². The summed E-state index contributed by atoms with van der Waals surface area (Å²) in [5, 5.41) is 3.83. The zero-order chi connectivity index (χ0) is 14.3. The highest BCUT2D eigenvalue weighted by atomic mass is 35.5. The van der Waals surface area contributed by atoms with E-state index in [2.05, 4.69) is 9.59 Å². The third-order valence-electron chi connectivity index (χ3n) is 3.29. The van der Waals surface area contributed by atoms with Gasteiger partial charge in [-0.15, -0.1) is 5.10 Å². The third kappa shape index (κ3) is 2.19. The van der Waals surface area contributed by atoms with Gasteiger partial charge in [0.15, 0.2) is 5.78 Å². The second-order valence-electron chi connectivity index (χ2n) is 4.64.